The molecule has 1 amide bonds. The Morgan fingerprint density at radius 2 is 2.00 bits per heavy atom. The van der Waals surface area contributed by atoms with Crippen molar-refractivity contribution in [2.45, 2.75) is 6.92 Å². The van der Waals surface area contributed by atoms with Crippen LogP contribution in [0.15, 0.2) is 48.7 Å². The number of hydrogen-bond acceptors (Lipinski definition) is 5. The lowest BCUT2D eigenvalue weighted by Crippen LogP contribution is -2.24. The number of phenolic OH excluding ortho intramolecular Hbond substituents is 1. The number of allylic oxidation sites excluding steroid dienone is 1. The van der Waals surface area contributed by atoms with E-state index in [1.165, 1.54) is 6.92 Å². The van der Waals surface area contributed by atoms with Gasteiger partial charge in [-0.25, -0.2) is 0 Å². The lowest BCUT2D eigenvalue weighted by Gasteiger charge is -2.28. The third-order valence-electron chi connectivity index (χ3n) is 2.80. The molecule has 2 N–H and O–H groups in total. The van der Waals surface area contributed by atoms with E-state index in [1.807, 2.05) is 0 Å². The number of anilines is 1. The molecule has 6 heteroatoms. The summed E-state index contributed by atoms with van der Waals surface area (Å²) in [6, 6.07) is 10.2. The molecular weight excluding hydrogens is 272 g/mol. The van der Waals surface area contributed by atoms with E-state index in [1.54, 1.807) is 36.4 Å². The Morgan fingerprint density at radius 1 is 1.33 bits per heavy atom. The monoisotopic (exact) mass is 287 g/mol. The van der Waals surface area contributed by atoms with Crippen molar-refractivity contribution in [3.63, 3.8) is 0 Å². The summed E-state index contributed by atoms with van der Waals surface area (Å²) in [4.78, 5) is 16.5. The van der Waals surface area contributed by atoms with Crippen LogP contribution < -0.4 is 5.32 Å². The second kappa shape index (κ2) is 6.25. The number of hydrogen-bond donors (Lipinski definition) is 2. The Bertz CT molecular complexity index is 684. The Balaban J connectivity index is 2.11. The van der Waals surface area contributed by atoms with Crippen molar-refractivity contribution >= 4 is 22.4 Å². The number of carbonyl (C=O) groups is 1. The zero-order chi connectivity index (χ0) is 15.4. The summed E-state index contributed by atoms with van der Waals surface area (Å²) in [5.74, 6) is -0.346. The zero-order valence-electron chi connectivity index (χ0n) is 11.5. The smallest absolute Gasteiger partial charge is 0.253 e. The van der Waals surface area contributed by atoms with E-state index in [0.29, 0.717) is 16.5 Å². The van der Waals surface area contributed by atoms with Gasteiger partial charge in [-0.2, -0.15) is 0 Å². The second-order valence-corrected chi connectivity index (χ2v) is 4.49. The van der Waals surface area contributed by atoms with E-state index in [-0.39, 0.29) is 16.7 Å². The molecule has 21 heavy (non-hydrogen) atoms. The van der Waals surface area contributed by atoms with Crippen LogP contribution in [0.3, 0.4) is 0 Å². The summed E-state index contributed by atoms with van der Waals surface area (Å²) in [7, 11) is 0. The Morgan fingerprint density at radius 3 is 2.71 bits per heavy atom. The van der Waals surface area contributed by atoms with Crippen LogP contribution in [-0.2, 0) is 9.63 Å². The predicted octanol–water partition coefficient (Wildman–Crippen LogP) is 2.75. The third kappa shape index (κ3) is 3.50. The number of nitrogens with zero attached hydrogens (tertiary/aromatic N) is 1. The lowest BCUT2D eigenvalue weighted by molar-refractivity contribution is -0.137. The molecule has 0 aliphatic carbocycles. The first-order valence-electron chi connectivity index (χ1n) is 6.25. The molecule has 110 valence electrons. The van der Waals surface area contributed by atoms with Gasteiger partial charge >= 0.3 is 0 Å². The zero-order valence-corrected chi connectivity index (χ0v) is 11.5. The summed E-state index contributed by atoms with van der Waals surface area (Å²) in [5, 5.41) is 25.1. The topological polar surface area (TPSA) is 84.9 Å². The quantitative estimate of drug-likeness (QED) is 0.826. The second-order valence-electron chi connectivity index (χ2n) is 4.49. The van der Waals surface area contributed by atoms with Crippen molar-refractivity contribution in [3.8, 4) is 5.75 Å². The molecule has 0 aromatic heterocycles. The number of rotatable bonds is 5. The highest BCUT2D eigenvalue weighted by atomic mass is 16.9. The van der Waals surface area contributed by atoms with Gasteiger partial charge in [-0.15, -0.1) is 0 Å². The summed E-state index contributed by atoms with van der Waals surface area (Å²) in [5.41, 5.74) is 0.683. The molecule has 0 bridgehead atoms. The van der Waals surface area contributed by atoms with E-state index in [2.05, 4.69) is 11.9 Å². The molecule has 0 spiro atoms. The van der Waals surface area contributed by atoms with Gasteiger partial charge in [0.1, 0.15) is 5.75 Å². The fraction of sp³-hybridized carbons (Fsp3) is 0.133. The van der Waals surface area contributed by atoms with Gasteiger partial charge in [0.25, 0.3) is 5.91 Å². The normalized spacial score (nSPS) is 10.4. The van der Waals surface area contributed by atoms with Crippen LogP contribution in [0.5, 0.6) is 5.75 Å². The number of amides is 1. The largest absolute Gasteiger partial charge is 0.734 e. The average Bonchev–Trinajstić information content (AvgIpc) is 2.45. The first-order chi connectivity index (χ1) is 9.99. The maximum absolute atomic E-state index is 11.8. The lowest BCUT2D eigenvalue weighted by atomic mass is 10.1. The molecule has 0 radical (unpaired) electrons. The Hall–Kier alpha value is -2.57. The van der Waals surface area contributed by atoms with Gasteiger partial charge in [0.05, 0.1) is 0 Å². The van der Waals surface area contributed by atoms with E-state index >= 15 is 0 Å². The molecule has 2 aromatic rings. The maximum Gasteiger partial charge on any atom is 0.253 e. The van der Waals surface area contributed by atoms with Crippen LogP contribution in [0.4, 0.5) is 5.69 Å². The van der Waals surface area contributed by atoms with Gasteiger partial charge in [0, 0.05) is 22.2 Å². The van der Waals surface area contributed by atoms with Crippen LogP contribution >= 0.6 is 0 Å². The van der Waals surface area contributed by atoms with Crippen LogP contribution in [-0.4, -0.2) is 22.8 Å². The van der Waals surface area contributed by atoms with E-state index in [4.69, 9.17) is 4.84 Å². The molecule has 0 atom stereocenters. The molecule has 0 aliphatic heterocycles. The number of carbonyl (C=O) groups excluding carboxylic acids is 1. The molecular formula is C15H15N2O4-. The van der Waals surface area contributed by atoms with Crippen molar-refractivity contribution < 1.29 is 14.7 Å². The molecule has 2 rings (SSSR count). The summed E-state index contributed by atoms with van der Waals surface area (Å²) < 4.78 is 0. The molecule has 0 saturated heterocycles. The minimum Gasteiger partial charge on any atom is -0.734 e. The van der Waals surface area contributed by atoms with E-state index in [9.17, 15) is 15.1 Å². The number of phenols is 1. The van der Waals surface area contributed by atoms with Crippen molar-refractivity contribution in [1.29, 1.82) is 0 Å². The predicted molar refractivity (Wildman–Crippen MR) is 80.2 cm³/mol. The third-order valence-corrected chi connectivity index (χ3v) is 2.80. The number of hydroxylamine groups is 2. The number of fused-ring (bicyclic) bond motifs is 1. The number of nitrogens with one attached hydrogen (secondary N) is 1. The fourth-order valence-corrected chi connectivity index (χ4v) is 1.82. The summed E-state index contributed by atoms with van der Waals surface area (Å²) in [6.45, 7) is 4.44. The molecule has 0 heterocycles. The van der Waals surface area contributed by atoms with Gasteiger partial charge in [-0.05, 0) is 19.1 Å². The summed E-state index contributed by atoms with van der Waals surface area (Å²) >= 11 is 0. The number of aromatic hydroxyl groups is 1. The Kier molecular flexibility index (Phi) is 4.42. The van der Waals surface area contributed by atoms with Crippen molar-refractivity contribution in [2.24, 2.45) is 0 Å². The molecule has 6 nitrogen and oxygen atoms in total. The standard InChI is InChI=1S/C15H15N2O4/c1-10(2)17(20)21-9-15(19)16-13-7-3-6-12-11(13)5-4-8-14(12)18/h3-8,18H,1,9H2,2H3,(H,16,19)/q-1. The van der Waals surface area contributed by atoms with Gasteiger partial charge in [-0.3, -0.25) is 9.63 Å². The first-order valence-corrected chi connectivity index (χ1v) is 6.25. The molecule has 2 aromatic carbocycles. The maximum atomic E-state index is 11.8. The highest BCUT2D eigenvalue weighted by molar-refractivity contribution is 6.04. The molecule has 0 saturated carbocycles. The van der Waals surface area contributed by atoms with Crippen molar-refractivity contribution in [2.75, 3.05) is 11.9 Å². The SMILES string of the molecule is C=C(C)N([O-])OCC(=O)Nc1cccc2c(O)cccc12. The molecule has 0 fully saturated rings. The Labute approximate surface area is 121 Å². The summed E-state index contributed by atoms with van der Waals surface area (Å²) in [6.07, 6.45) is 0. The van der Waals surface area contributed by atoms with Gasteiger partial charge in [-0.1, -0.05) is 30.8 Å². The molecule has 0 aliphatic rings. The highest BCUT2D eigenvalue weighted by Crippen LogP contribution is 2.29. The van der Waals surface area contributed by atoms with Gasteiger partial charge in [0.15, 0.2) is 6.61 Å². The minimum atomic E-state index is -0.479. The van der Waals surface area contributed by atoms with Crippen molar-refractivity contribution in [1.82, 2.24) is 5.23 Å². The van der Waals surface area contributed by atoms with Crippen LogP contribution in [0.1, 0.15) is 6.92 Å². The highest BCUT2D eigenvalue weighted by Gasteiger charge is 2.08. The number of benzene rings is 2. The van der Waals surface area contributed by atoms with Gasteiger partial charge < -0.3 is 20.9 Å². The fourth-order valence-electron chi connectivity index (χ4n) is 1.82. The minimum absolute atomic E-state index is 0.132. The first kappa shape index (κ1) is 14.8. The van der Waals surface area contributed by atoms with Crippen LogP contribution in [0, 0.1) is 5.21 Å². The van der Waals surface area contributed by atoms with Crippen molar-refractivity contribution in [3.05, 3.63) is 53.9 Å². The van der Waals surface area contributed by atoms with Gasteiger partial charge in [0.2, 0.25) is 0 Å². The van der Waals surface area contributed by atoms with E-state index < -0.39 is 12.5 Å². The molecule has 0 unspecified atom stereocenters. The van der Waals surface area contributed by atoms with Crippen LogP contribution in [0.2, 0.25) is 0 Å². The average molecular weight is 287 g/mol. The van der Waals surface area contributed by atoms with E-state index in [0.717, 1.165) is 0 Å². The van der Waals surface area contributed by atoms with Crippen LogP contribution in [0.25, 0.3) is 10.8 Å².